The lowest BCUT2D eigenvalue weighted by atomic mass is 10.2. The van der Waals surface area contributed by atoms with E-state index in [2.05, 4.69) is 22.9 Å². The number of rotatable bonds is 5. The standard InChI is InChI=1S/C14H15F3O3S/c1-2-3-4-5-6-7-12-8-10-13(11-9-12)20-21(18,19)14(15,16)17/h8-11H,2-5H2,1H3. The van der Waals surface area contributed by atoms with Crippen molar-refractivity contribution in [2.75, 3.05) is 0 Å². The summed E-state index contributed by atoms with van der Waals surface area (Å²) < 4.78 is 62.0. The van der Waals surface area contributed by atoms with Crippen molar-refractivity contribution < 1.29 is 25.8 Å². The third-order valence-corrected chi connectivity index (χ3v) is 3.46. The van der Waals surface area contributed by atoms with E-state index in [1.165, 1.54) is 12.1 Å². The Balaban J connectivity index is 2.67. The molecule has 0 bridgehead atoms. The van der Waals surface area contributed by atoms with Crippen molar-refractivity contribution in [3.63, 3.8) is 0 Å². The van der Waals surface area contributed by atoms with Crippen molar-refractivity contribution in [1.29, 1.82) is 0 Å². The van der Waals surface area contributed by atoms with Gasteiger partial charge in [0.25, 0.3) is 0 Å². The highest BCUT2D eigenvalue weighted by molar-refractivity contribution is 7.87. The molecule has 0 N–H and O–H groups in total. The molecular formula is C14H15F3O3S. The predicted molar refractivity (Wildman–Crippen MR) is 73.1 cm³/mol. The van der Waals surface area contributed by atoms with Gasteiger partial charge in [0.2, 0.25) is 0 Å². The SMILES string of the molecule is CCCCCC#Cc1ccc(OS(=O)(=O)C(F)(F)F)cc1. The maximum Gasteiger partial charge on any atom is 0.534 e. The summed E-state index contributed by atoms with van der Waals surface area (Å²) in [6, 6.07) is 5.10. The van der Waals surface area contributed by atoms with Crippen LogP contribution in [0.15, 0.2) is 24.3 Å². The average Bonchev–Trinajstić information content (AvgIpc) is 2.39. The smallest absolute Gasteiger partial charge is 0.376 e. The zero-order chi connectivity index (χ0) is 15.9. The van der Waals surface area contributed by atoms with E-state index in [0.29, 0.717) is 5.56 Å². The highest BCUT2D eigenvalue weighted by Gasteiger charge is 2.48. The number of hydrogen-bond acceptors (Lipinski definition) is 3. The molecule has 0 spiro atoms. The average molecular weight is 320 g/mol. The van der Waals surface area contributed by atoms with Crippen molar-refractivity contribution in [2.45, 2.75) is 38.1 Å². The van der Waals surface area contributed by atoms with E-state index in [1.807, 2.05) is 0 Å². The highest BCUT2D eigenvalue weighted by atomic mass is 32.2. The summed E-state index contributed by atoms with van der Waals surface area (Å²) in [7, 11) is -5.63. The second-order valence-electron chi connectivity index (χ2n) is 4.27. The molecular weight excluding hydrogens is 305 g/mol. The maximum absolute atomic E-state index is 12.1. The Bertz CT molecular complexity index is 608. The van der Waals surface area contributed by atoms with E-state index in [4.69, 9.17) is 0 Å². The van der Waals surface area contributed by atoms with Gasteiger partial charge in [0.1, 0.15) is 5.75 Å². The summed E-state index contributed by atoms with van der Waals surface area (Å²) in [6.45, 7) is 2.08. The first-order valence-electron chi connectivity index (χ1n) is 6.36. The Morgan fingerprint density at radius 2 is 1.76 bits per heavy atom. The second-order valence-corrected chi connectivity index (χ2v) is 5.80. The molecule has 3 nitrogen and oxygen atoms in total. The topological polar surface area (TPSA) is 43.4 Å². The van der Waals surface area contributed by atoms with Crippen LogP contribution in [0.1, 0.15) is 38.2 Å². The molecule has 0 amide bonds. The minimum absolute atomic E-state index is 0.399. The molecule has 0 aliphatic carbocycles. The molecule has 0 aromatic heterocycles. The van der Waals surface area contributed by atoms with Crippen LogP contribution in [0.4, 0.5) is 13.2 Å². The lowest BCUT2D eigenvalue weighted by Gasteiger charge is -2.08. The molecule has 0 aliphatic rings. The van der Waals surface area contributed by atoms with Gasteiger partial charge in [-0.1, -0.05) is 31.6 Å². The quantitative estimate of drug-likeness (QED) is 0.358. The molecule has 0 aliphatic heterocycles. The van der Waals surface area contributed by atoms with Gasteiger partial charge in [-0.2, -0.15) is 21.6 Å². The molecule has 0 radical (unpaired) electrons. The van der Waals surface area contributed by atoms with Gasteiger partial charge in [-0.3, -0.25) is 0 Å². The molecule has 0 saturated heterocycles. The second kappa shape index (κ2) is 7.36. The minimum Gasteiger partial charge on any atom is -0.376 e. The Labute approximate surface area is 122 Å². The molecule has 0 heterocycles. The van der Waals surface area contributed by atoms with Crippen molar-refractivity contribution in [3.05, 3.63) is 29.8 Å². The van der Waals surface area contributed by atoms with Gasteiger partial charge < -0.3 is 4.18 Å². The Morgan fingerprint density at radius 1 is 1.14 bits per heavy atom. The van der Waals surface area contributed by atoms with Gasteiger partial charge >= 0.3 is 15.6 Å². The third-order valence-electron chi connectivity index (χ3n) is 2.48. The zero-order valence-electron chi connectivity index (χ0n) is 11.4. The first-order chi connectivity index (χ1) is 9.76. The van der Waals surface area contributed by atoms with E-state index in [9.17, 15) is 21.6 Å². The Hall–Kier alpha value is -1.68. The fraction of sp³-hybridized carbons (Fsp3) is 0.429. The molecule has 0 unspecified atom stereocenters. The van der Waals surface area contributed by atoms with Gasteiger partial charge in [-0.05, 0) is 30.7 Å². The fourth-order valence-corrected chi connectivity index (χ4v) is 1.85. The normalized spacial score (nSPS) is 11.6. The van der Waals surface area contributed by atoms with E-state index in [1.54, 1.807) is 0 Å². The van der Waals surface area contributed by atoms with Crippen molar-refractivity contribution in [3.8, 4) is 17.6 Å². The predicted octanol–water partition coefficient (Wildman–Crippen LogP) is 3.85. The van der Waals surface area contributed by atoms with Crippen molar-refractivity contribution in [1.82, 2.24) is 0 Å². The number of unbranched alkanes of at least 4 members (excludes halogenated alkanes) is 3. The fourth-order valence-electron chi connectivity index (χ4n) is 1.40. The highest BCUT2D eigenvalue weighted by Crippen LogP contribution is 2.26. The van der Waals surface area contributed by atoms with Gasteiger partial charge in [0.05, 0.1) is 0 Å². The number of hydrogen-bond donors (Lipinski definition) is 0. The van der Waals surface area contributed by atoms with Crippen LogP contribution in [-0.2, 0) is 10.1 Å². The monoisotopic (exact) mass is 320 g/mol. The molecule has 7 heteroatoms. The number of alkyl halides is 3. The summed E-state index contributed by atoms with van der Waals surface area (Å²) in [6.07, 6.45) is 3.93. The van der Waals surface area contributed by atoms with E-state index in [-0.39, 0.29) is 0 Å². The lowest BCUT2D eigenvalue weighted by molar-refractivity contribution is -0.0500. The van der Waals surface area contributed by atoms with Gasteiger partial charge in [-0.25, -0.2) is 0 Å². The molecule has 116 valence electrons. The van der Waals surface area contributed by atoms with Gasteiger partial charge in [-0.15, -0.1) is 0 Å². The van der Waals surface area contributed by atoms with E-state index in [0.717, 1.165) is 37.8 Å². The van der Waals surface area contributed by atoms with Crippen molar-refractivity contribution in [2.24, 2.45) is 0 Å². The number of halogens is 3. The van der Waals surface area contributed by atoms with Crippen LogP contribution in [0.3, 0.4) is 0 Å². The molecule has 0 saturated carbocycles. The summed E-state index contributed by atoms with van der Waals surface area (Å²) in [5.74, 6) is 5.39. The molecule has 1 aromatic carbocycles. The molecule has 21 heavy (non-hydrogen) atoms. The van der Waals surface area contributed by atoms with E-state index >= 15 is 0 Å². The van der Waals surface area contributed by atoms with Crippen LogP contribution >= 0.6 is 0 Å². The van der Waals surface area contributed by atoms with Gasteiger partial charge in [0.15, 0.2) is 0 Å². The van der Waals surface area contributed by atoms with Crippen molar-refractivity contribution >= 4 is 10.1 Å². The first kappa shape index (κ1) is 17.4. The summed E-state index contributed by atoms with van der Waals surface area (Å²) in [5, 5.41) is 0. The van der Waals surface area contributed by atoms with Crippen LogP contribution in [0.2, 0.25) is 0 Å². The van der Waals surface area contributed by atoms with Crippen LogP contribution in [-0.4, -0.2) is 13.9 Å². The Morgan fingerprint density at radius 3 is 2.29 bits per heavy atom. The molecule has 0 fully saturated rings. The minimum atomic E-state index is -5.63. The molecule has 1 aromatic rings. The Kier molecular flexibility index (Phi) is 6.09. The largest absolute Gasteiger partial charge is 0.534 e. The summed E-state index contributed by atoms with van der Waals surface area (Å²) >= 11 is 0. The van der Waals surface area contributed by atoms with E-state index < -0.39 is 21.4 Å². The summed E-state index contributed by atoms with van der Waals surface area (Å²) in [5.41, 5.74) is -4.85. The third kappa shape index (κ3) is 5.68. The molecule has 1 rings (SSSR count). The first-order valence-corrected chi connectivity index (χ1v) is 7.77. The maximum atomic E-state index is 12.1. The van der Waals surface area contributed by atoms with Crippen LogP contribution in [0, 0.1) is 11.8 Å². The van der Waals surface area contributed by atoms with Gasteiger partial charge in [0, 0.05) is 12.0 Å². The van der Waals surface area contributed by atoms with Crippen LogP contribution in [0.25, 0.3) is 0 Å². The van der Waals surface area contributed by atoms with Crippen LogP contribution < -0.4 is 4.18 Å². The molecule has 0 atom stereocenters. The lowest BCUT2D eigenvalue weighted by Crippen LogP contribution is -2.28. The number of benzene rings is 1. The zero-order valence-corrected chi connectivity index (χ0v) is 12.2. The summed E-state index contributed by atoms with van der Waals surface area (Å²) in [4.78, 5) is 0. The van der Waals surface area contributed by atoms with Crippen LogP contribution in [0.5, 0.6) is 5.75 Å².